The predicted octanol–water partition coefficient (Wildman–Crippen LogP) is 3.04. The number of imide groups is 2. The molecule has 0 saturated carbocycles. The Bertz CT molecular complexity index is 1130. The molecule has 0 bridgehead atoms. The molecular weight excluding hydrogens is 436 g/mol. The summed E-state index contributed by atoms with van der Waals surface area (Å²) in [5.41, 5.74) is 1.65. The molecule has 8 heteroatoms. The second kappa shape index (κ2) is 8.82. The summed E-state index contributed by atoms with van der Waals surface area (Å²) in [5, 5.41) is 0. The van der Waals surface area contributed by atoms with Crippen LogP contribution in [0.3, 0.4) is 0 Å². The Morgan fingerprint density at radius 3 is 1.06 bits per heavy atom. The van der Waals surface area contributed by atoms with Gasteiger partial charge in [-0.15, -0.1) is 0 Å². The molecule has 0 spiro atoms. The lowest BCUT2D eigenvalue weighted by molar-refractivity contribution is 0.0616. The van der Waals surface area contributed by atoms with Crippen molar-refractivity contribution >= 4 is 23.6 Å². The summed E-state index contributed by atoms with van der Waals surface area (Å²) < 4.78 is 11.3. The molecule has 0 atom stereocenters. The van der Waals surface area contributed by atoms with Crippen molar-refractivity contribution in [2.75, 3.05) is 26.3 Å². The third kappa shape index (κ3) is 3.79. The van der Waals surface area contributed by atoms with Crippen LogP contribution in [0.1, 0.15) is 41.4 Å². The van der Waals surface area contributed by atoms with Crippen molar-refractivity contribution in [1.82, 2.24) is 9.80 Å². The number of ether oxygens (including phenoxy) is 2. The highest BCUT2D eigenvalue weighted by Crippen LogP contribution is 2.24. The van der Waals surface area contributed by atoms with E-state index in [1.807, 2.05) is 0 Å². The quantitative estimate of drug-likeness (QED) is 0.484. The first-order valence-corrected chi connectivity index (χ1v) is 10.8. The maximum atomic E-state index is 12.4. The summed E-state index contributed by atoms with van der Waals surface area (Å²) in [4.78, 5) is 51.9. The molecule has 4 amide bonds. The van der Waals surface area contributed by atoms with E-state index >= 15 is 0 Å². The van der Waals surface area contributed by atoms with E-state index in [-0.39, 0.29) is 49.9 Å². The Balaban J connectivity index is 1.09. The van der Waals surface area contributed by atoms with E-state index in [2.05, 4.69) is 0 Å². The topological polar surface area (TPSA) is 93.2 Å². The maximum absolute atomic E-state index is 12.4. The second-order valence-corrected chi connectivity index (χ2v) is 7.78. The third-order valence-corrected chi connectivity index (χ3v) is 5.75. The molecule has 2 heterocycles. The van der Waals surface area contributed by atoms with Gasteiger partial charge in [0.1, 0.15) is 24.7 Å². The Kier molecular flexibility index (Phi) is 5.55. The van der Waals surface area contributed by atoms with Crippen LogP contribution in [0.2, 0.25) is 0 Å². The van der Waals surface area contributed by atoms with Crippen molar-refractivity contribution in [3.63, 3.8) is 0 Å². The zero-order valence-corrected chi connectivity index (χ0v) is 18.1. The number of carbonyl (C=O) groups is 4. The van der Waals surface area contributed by atoms with Crippen LogP contribution >= 0.6 is 0 Å². The predicted molar refractivity (Wildman–Crippen MR) is 121 cm³/mol. The number of rotatable bonds is 8. The van der Waals surface area contributed by atoms with Gasteiger partial charge in [-0.3, -0.25) is 29.0 Å². The zero-order chi connectivity index (χ0) is 23.7. The van der Waals surface area contributed by atoms with Crippen LogP contribution in [0, 0.1) is 0 Å². The van der Waals surface area contributed by atoms with E-state index in [1.165, 1.54) is 9.80 Å². The number of nitrogens with zero attached hydrogens (tertiary/aromatic N) is 2. The van der Waals surface area contributed by atoms with Crippen molar-refractivity contribution in [3.8, 4) is 11.5 Å². The van der Waals surface area contributed by atoms with Gasteiger partial charge < -0.3 is 9.47 Å². The highest BCUT2D eigenvalue weighted by Gasteiger charge is 2.35. The van der Waals surface area contributed by atoms with Crippen LogP contribution in [0.5, 0.6) is 11.5 Å². The third-order valence-electron chi connectivity index (χ3n) is 5.75. The van der Waals surface area contributed by atoms with Crippen molar-refractivity contribution in [1.29, 1.82) is 0 Å². The van der Waals surface area contributed by atoms with Crippen molar-refractivity contribution in [3.05, 3.63) is 95.1 Å². The van der Waals surface area contributed by atoms with Crippen molar-refractivity contribution in [2.45, 2.75) is 0 Å². The van der Waals surface area contributed by atoms with Gasteiger partial charge in [-0.1, -0.05) is 24.3 Å². The summed E-state index contributed by atoms with van der Waals surface area (Å²) >= 11 is 0. The van der Waals surface area contributed by atoms with Gasteiger partial charge in [0, 0.05) is 0 Å². The standard InChI is InChI=1S/C26H20N2O6/c29-23-19-5-1-2-6-20(19)24(30)27(23)13-15-33-17-9-11-18(12-10-17)34-16-14-28-25(31)21-7-3-4-8-22(21)26(28)32/h1-12H,13-16H2. The molecule has 8 nitrogen and oxygen atoms in total. The van der Waals surface area contributed by atoms with Gasteiger partial charge >= 0.3 is 0 Å². The van der Waals surface area contributed by atoms with Gasteiger partial charge in [0.2, 0.25) is 0 Å². The fourth-order valence-corrected chi connectivity index (χ4v) is 4.03. The van der Waals surface area contributed by atoms with E-state index in [9.17, 15) is 19.2 Å². The molecule has 0 N–H and O–H groups in total. The van der Waals surface area contributed by atoms with E-state index in [0.717, 1.165) is 0 Å². The first kappa shape index (κ1) is 21.4. The smallest absolute Gasteiger partial charge is 0.261 e. The number of hydrogen-bond acceptors (Lipinski definition) is 6. The van der Waals surface area contributed by atoms with Crippen LogP contribution in [0.15, 0.2) is 72.8 Å². The molecule has 0 saturated heterocycles. The lowest BCUT2D eigenvalue weighted by Gasteiger charge is -2.15. The van der Waals surface area contributed by atoms with Crippen LogP contribution in [-0.4, -0.2) is 59.7 Å². The molecule has 0 aliphatic carbocycles. The minimum absolute atomic E-state index is 0.144. The number of carbonyl (C=O) groups excluding carboxylic acids is 4. The van der Waals surface area contributed by atoms with E-state index in [0.29, 0.717) is 33.8 Å². The molecule has 0 aromatic heterocycles. The zero-order valence-electron chi connectivity index (χ0n) is 18.1. The monoisotopic (exact) mass is 456 g/mol. The molecule has 2 aliphatic rings. The highest BCUT2D eigenvalue weighted by atomic mass is 16.5. The van der Waals surface area contributed by atoms with E-state index in [1.54, 1.807) is 72.8 Å². The Morgan fingerprint density at radius 1 is 0.471 bits per heavy atom. The molecule has 3 aromatic carbocycles. The normalized spacial score (nSPS) is 14.5. The number of amides is 4. The molecule has 170 valence electrons. The SMILES string of the molecule is O=C1c2ccccc2C(=O)N1CCOc1ccc(OCCN2C(=O)c3ccccc3C2=O)cc1. The highest BCUT2D eigenvalue weighted by molar-refractivity contribution is 6.22. The lowest BCUT2D eigenvalue weighted by atomic mass is 10.1. The summed E-state index contributed by atoms with van der Waals surface area (Å²) in [6.45, 7) is 0.604. The Hall–Kier alpha value is -4.46. The summed E-state index contributed by atoms with van der Waals surface area (Å²) in [6, 6.07) is 20.3. The molecule has 3 aromatic rings. The average molecular weight is 456 g/mol. The van der Waals surface area contributed by atoms with Gasteiger partial charge in [0.05, 0.1) is 35.3 Å². The largest absolute Gasteiger partial charge is 0.492 e. The number of hydrogen-bond donors (Lipinski definition) is 0. The summed E-state index contributed by atoms with van der Waals surface area (Å²) in [7, 11) is 0. The van der Waals surface area contributed by atoms with Gasteiger partial charge in [0.25, 0.3) is 23.6 Å². The number of benzene rings is 3. The second-order valence-electron chi connectivity index (χ2n) is 7.78. The van der Waals surface area contributed by atoms with Crippen molar-refractivity contribution in [2.24, 2.45) is 0 Å². The van der Waals surface area contributed by atoms with Gasteiger partial charge in [0.15, 0.2) is 0 Å². The van der Waals surface area contributed by atoms with E-state index < -0.39 is 0 Å². The first-order valence-electron chi connectivity index (χ1n) is 10.8. The molecule has 0 unspecified atom stereocenters. The summed E-state index contributed by atoms with van der Waals surface area (Å²) in [5.74, 6) is -0.136. The van der Waals surface area contributed by atoms with Crippen molar-refractivity contribution < 1.29 is 28.7 Å². The molecule has 34 heavy (non-hydrogen) atoms. The minimum atomic E-state index is -0.314. The molecule has 5 rings (SSSR count). The number of fused-ring (bicyclic) bond motifs is 2. The Labute approximate surface area is 195 Å². The molecular formula is C26H20N2O6. The average Bonchev–Trinajstić information content (AvgIpc) is 3.26. The first-order chi connectivity index (χ1) is 16.5. The van der Waals surface area contributed by atoms with Gasteiger partial charge in [-0.25, -0.2) is 0 Å². The van der Waals surface area contributed by atoms with Gasteiger partial charge in [-0.2, -0.15) is 0 Å². The van der Waals surface area contributed by atoms with E-state index in [4.69, 9.17) is 9.47 Å². The molecule has 0 radical (unpaired) electrons. The fourth-order valence-electron chi connectivity index (χ4n) is 4.03. The minimum Gasteiger partial charge on any atom is -0.492 e. The van der Waals surface area contributed by atoms with Crippen LogP contribution in [0.4, 0.5) is 0 Å². The van der Waals surface area contributed by atoms with Crippen LogP contribution in [0.25, 0.3) is 0 Å². The van der Waals surface area contributed by atoms with Gasteiger partial charge in [-0.05, 0) is 48.5 Å². The van der Waals surface area contributed by atoms with Crippen LogP contribution < -0.4 is 9.47 Å². The molecule has 2 aliphatic heterocycles. The lowest BCUT2D eigenvalue weighted by Crippen LogP contribution is -2.33. The molecule has 0 fully saturated rings. The Morgan fingerprint density at radius 2 is 0.765 bits per heavy atom. The maximum Gasteiger partial charge on any atom is 0.261 e. The summed E-state index contributed by atoms with van der Waals surface area (Å²) in [6.07, 6.45) is 0. The van der Waals surface area contributed by atoms with Crippen LogP contribution in [-0.2, 0) is 0 Å². The fraction of sp³-hybridized carbons (Fsp3) is 0.154.